The predicted octanol–water partition coefficient (Wildman–Crippen LogP) is 7.52. The maximum absolute atomic E-state index is 13.1. The number of carbonyl (C=O) groups excluding carboxylic acids is 2. The highest BCUT2D eigenvalue weighted by Gasteiger charge is 2.23. The van der Waals surface area contributed by atoms with E-state index in [1.807, 2.05) is 47.4 Å². The molecule has 0 spiro atoms. The van der Waals surface area contributed by atoms with Crippen molar-refractivity contribution in [1.29, 1.82) is 0 Å². The van der Waals surface area contributed by atoms with Crippen LogP contribution < -0.4 is 10.2 Å². The number of hydrogen-bond acceptors (Lipinski definition) is 4. The minimum atomic E-state index is -0.428. The fraction of sp³-hybridized carbons (Fsp3) is 0.133. The van der Waals surface area contributed by atoms with E-state index in [4.69, 9.17) is 39.2 Å². The van der Waals surface area contributed by atoms with Crippen LogP contribution >= 0.6 is 34.8 Å². The van der Waals surface area contributed by atoms with Gasteiger partial charge in [-0.1, -0.05) is 65.1 Å². The van der Waals surface area contributed by atoms with E-state index in [0.29, 0.717) is 58.3 Å². The minimum Gasteiger partial charge on any atom is -0.451 e. The number of anilines is 2. The number of hydrogen-bond donors (Lipinski definition) is 1. The molecule has 1 aromatic heterocycles. The molecule has 0 aliphatic carbocycles. The van der Waals surface area contributed by atoms with Gasteiger partial charge in [-0.25, -0.2) is 0 Å². The van der Waals surface area contributed by atoms with Crippen molar-refractivity contribution in [2.45, 2.75) is 0 Å². The third-order valence-corrected chi connectivity index (χ3v) is 7.18. The summed E-state index contributed by atoms with van der Waals surface area (Å²) in [5.74, 6) is 0.0907. The molecule has 198 valence electrons. The molecular formula is C30H24Cl3N3O3. The number of halogens is 3. The van der Waals surface area contributed by atoms with Gasteiger partial charge in [0.15, 0.2) is 5.76 Å². The number of furan rings is 1. The van der Waals surface area contributed by atoms with Crippen molar-refractivity contribution >= 4 is 64.1 Å². The Morgan fingerprint density at radius 3 is 2.31 bits per heavy atom. The molecule has 1 saturated heterocycles. The standard InChI is InChI=1S/C30H24Cl3N3O3/c31-21-7-9-24(33)23(18-21)27-11-12-28(39-27)30(38)34-25-19-22(32)8-10-26(25)35-14-16-36(17-15-35)29(37)13-6-20-4-2-1-3-5-20/h1-13,18-19H,14-17H2,(H,34,38)/b13-6+. The van der Waals surface area contributed by atoms with Crippen LogP contribution in [0, 0.1) is 0 Å². The molecule has 0 saturated carbocycles. The molecule has 0 unspecified atom stereocenters. The molecule has 5 rings (SSSR count). The number of nitrogens with zero attached hydrogens (tertiary/aromatic N) is 2. The van der Waals surface area contributed by atoms with Crippen LogP contribution in [0.3, 0.4) is 0 Å². The van der Waals surface area contributed by atoms with Crippen LogP contribution in [0.25, 0.3) is 17.4 Å². The van der Waals surface area contributed by atoms with Crippen molar-refractivity contribution in [2.24, 2.45) is 0 Å². The number of nitrogens with one attached hydrogen (secondary N) is 1. The van der Waals surface area contributed by atoms with Gasteiger partial charge in [-0.05, 0) is 60.2 Å². The normalized spacial score (nSPS) is 13.6. The number of piperazine rings is 1. The van der Waals surface area contributed by atoms with E-state index in [2.05, 4.69) is 10.2 Å². The summed E-state index contributed by atoms with van der Waals surface area (Å²) in [6.07, 6.45) is 3.43. The number of amides is 2. The van der Waals surface area contributed by atoms with E-state index in [0.717, 1.165) is 11.3 Å². The van der Waals surface area contributed by atoms with E-state index in [1.165, 1.54) is 0 Å². The summed E-state index contributed by atoms with van der Waals surface area (Å²) in [4.78, 5) is 29.7. The van der Waals surface area contributed by atoms with E-state index < -0.39 is 5.91 Å². The van der Waals surface area contributed by atoms with Gasteiger partial charge in [0.25, 0.3) is 5.91 Å². The topological polar surface area (TPSA) is 65.8 Å². The van der Waals surface area contributed by atoms with Gasteiger partial charge in [0.05, 0.1) is 16.4 Å². The molecule has 9 heteroatoms. The van der Waals surface area contributed by atoms with Gasteiger partial charge < -0.3 is 19.5 Å². The lowest BCUT2D eigenvalue weighted by atomic mass is 10.2. The molecular weight excluding hydrogens is 557 g/mol. The summed E-state index contributed by atoms with van der Waals surface area (Å²) >= 11 is 18.6. The smallest absolute Gasteiger partial charge is 0.291 e. The Kier molecular flexibility index (Phi) is 8.27. The second-order valence-electron chi connectivity index (χ2n) is 8.96. The quantitative estimate of drug-likeness (QED) is 0.240. The van der Waals surface area contributed by atoms with Crippen molar-refractivity contribution in [3.63, 3.8) is 0 Å². The van der Waals surface area contributed by atoms with E-state index >= 15 is 0 Å². The zero-order valence-electron chi connectivity index (χ0n) is 20.7. The summed E-state index contributed by atoms with van der Waals surface area (Å²) in [5.41, 5.74) is 2.93. The molecule has 0 bridgehead atoms. The fourth-order valence-electron chi connectivity index (χ4n) is 4.36. The monoisotopic (exact) mass is 579 g/mol. The van der Waals surface area contributed by atoms with Crippen molar-refractivity contribution in [2.75, 3.05) is 36.4 Å². The molecule has 0 radical (unpaired) electrons. The first kappa shape index (κ1) is 26.9. The molecule has 1 aliphatic heterocycles. The van der Waals surface area contributed by atoms with Gasteiger partial charge >= 0.3 is 0 Å². The Bertz CT molecular complexity index is 1530. The zero-order valence-corrected chi connectivity index (χ0v) is 23.0. The molecule has 2 amide bonds. The molecule has 0 atom stereocenters. The highest BCUT2D eigenvalue weighted by Crippen LogP contribution is 2.33. The van der Waals surface area contributed by atoms with Crippen LogP contribution in [0.4, 0.5) is 11.4 Å². The summed E-state index contributed by atoms with van der Waals surface area (Å²) in [5, 5.41) is 4.38. The fourth-order valence-corrected chi connectivity index (χ4v) is 4.92. The molecule has 1 fully saturated rings. The van der Waals surface area contributed by atoms with Gasteiger partial charge in [0, 0.05) is 47.9 Å². The summed E-state index contributed by atoms with van der Waals surface area (Å²) in [6, 6.07) is 23.4. The second kappa shape index (κ2) is 12.0. The van der Waals surface area contributed by atoms with Gasteiger partial charge in [-0.15, -0.1) is 0 Å². The first-order chi connectivity index (χ1) is 18.9. The largest absolute Gasteiger partial charge is 0.451 e. The first-order valence-corrected chi connectivity index (χ1v) is 13.4. The van der Waals surface area contributed by atoms with Crippen molar-refractivity contribution in [1.82, 2.24) is 4.90 Å². The highest BCUT2D eigenvalue weighted by atomic mass is 35.5. The summed E-state index contributed by atoms with van der Waals surface area (Å²) in [7, 11) is 0. The van der Waals surface area contributed by atoms with Crippen LogP contribution in [0.1, 0.15) is 16.1 Å². The minimum absolute atomic E-state index is 0.0310. The van der Waals surface area contributed by atoms with Gasteiger partial charge in [-0.3, -0.25) is 9.59 Å². The second-order valence-corrected chi connectivity index (χ2v) is 10.2. The van der Waals surface area contributed by atoms with Crippen LogP contribution in [-0.2, 0) is 4.79 Å². The van der Waals surface area contributed by atoms with E-state index in [9.17, 15) is 9.59 Å². The van der Waals surface area contributed by atoms with Gasteiger partial charge in [0.1, 0.15) is 5.76 Å². The summed E-state index contributed by atoms with van der Waals surface area (Å²) in [6.45, 7) is 2.31. The van der Waals surface area contributed by atoms with Gasteiger partial charge in [0.2, 0.25) is 5.91 Å². The average molecular weight is 581 g/mol. The zero-order chi connectivity index (χ0) is 27.4. The molecule has 3 aromatic carbocycles. The Morgan fingerprint density at radius 1 is 0.821 bits per heavy atom. The lowest BCUT2D eigenvalue weighted by molar-refractivity contribution is -0.126. The molecule has 6 nitrogen and oxygen atoms in total. The molecule has 4 aromatic rings. The highest BCUT2D eigenvalue weighted by molar-refractivity contribution is 6.35. The Hall–Kier alpha value is -3.71. The van der Waals surface area contributed by atoms with Crippen molar-refractivity contribution < 1.29 is 14.0 Å². The maximum Gasteiger partial charge on any atom is 0.291 e. The lowest BCUT2D eigenvalue weighted by Gasteiger charge is -2.36. The Balaban J connectivity index is 1.26. The first-order valence-electron chi connectivity index (χ1n) is 12.3. The van der Waals surface area contributed by atoms with Crippen LogP contribution in [0.5, 0.6) is 0 Å². The van der Waals surface area contributed by atoms with Crippen LogP contribution in [0.15, 0.2) is 89.4 Å². The lowest BCUT2D eigenvalue weighted by Crippen LogP contribution is -2.48. The SMILES string of the molecule is O=C(Nc1cc(Cl)ccc1N1CCN(C(=O)/C=C/c2ccccc2)CC1)c1ccc(-c2cc(Cl)ccc2Cl)o1. The third kappa shape index (κ3) is 6.48. The molecule has 2 heterocycles. The number of rotatable bonds is 6. The van der Waals surface area contributed by atoms with Crippen molar-refractivity contribution in [3.05, 3.63) is 111 Å². The van der Waals surface area contributed by atoms with Crippen molar-refractivity contribution in [3.8, 4) is 11.3 Å². The van der Waals surface area contributed by atoms with E-state index in [-0.39, 0.29) is 11.7 Å². The Labute approximate surface area is 241 Å². The van der Waals surface area contributed by atoms with E-state index in [1.54, 1.807) is 48.5 Å². The van der Waals surface area contributed by atoms with Crippen LogP contribution in [-0.4, -0.2) is 42.9 Å². The number of benzene rings is 3. The average Bonchev–Trinajstić information content (AvgIpc) is 3.44. The Morgan fingerprint density at radius 2 is 1.54 bits per heavy atom. The predicted molar refractivity (Wildman–Crippen MR) is 158 cm³/mol. The van der Waals surface area contributed by atoms with Gasteiger partial charge in [-0.2, -0.15) is 0 Å². The number of carbonyl (C=O) groups is 2. The third-order valence-electron chi connectivity index (χ3n) is 6.38. The molecule has 1 N–H and O–H groups in total. The summed E-state index contributed by atoms with van der Waals surface area (Å²) < 4.78 is 5.80. The van der Waals surface area contributed by atoms with Crippen LogP contribution in [0.2, 0.25) is 15.1 Å². The molecule has 1 aliphatic rings. The maximum atomic E-state index is 13.1. The molecule has 39 heavy (non-hydrogen) atoms.